The summed E-state index contributed by atoms with van der Waals surface area (Å²) in [7, 11) is -3.83. The average molecular weight is 272 g/mol. The van der Waals surface area contributed by atoms with E-state index in [9.17, 15) is 8.42 Å². The SMILES string of the molecule is CCn1c(-c2sccc2C)nnc1S(N)(=O)=O. The Hall–Kier alpha value is -1.25. The van der Waals surface area contributed by atoms with Gasteiger partial charge in [0.05, 0.1) is 4.88 Å². The second-order valence-corrected chi connectivity index (χ2v) is 5.90. The number of primary sulfonamides is 1. The summed E-state index contributed by atoms with van der Waals surface area (Å²) in [6.45, 7) is 4.22. The van der Waals surface area contributed by atoms with Crippen LogP contribution in [0, 0.1) is 6.92 Å². The zero-order valence-corrected chi connectivity index (χ0v) is 11.0. The van der Waals surface area contributed by atoms with E-state index >= 15 is 0 Å². The van der Waals surface area contributed by atoms with E-state index < -0.39 is 10.0 Å². The van der Waals surface area contributed by atoms with Gasteiger partial charge in [-0.1, -0.05) is 0 Å². The van der Waals surface area contributed by atoms with Crippen molar-refractivity contribution >= 4 is 21.4 Å². The lowest BCUT2D eigenvalue weighted by molar-refractivity contribution is 0.571. The van der Waals surface area contributed by atoms with Crippen molar-refractivity contribution in [3.8, 4) is 10.7 Å². The molecule has 92 valence electrons. The molecule has 2 aromatic rings. The lowest BCUT2D eigenvalue weighted by Gasteiger charge is -2.05. The summed E-state index contributed by atoms with van der Waals surface area (Å²) in [5.74, 6) is 0.545. The number of rotatable bonds is 3. The van der Waals surface area contributed by atoms with E-state index in [0.717, 1.165) is 10.4 Å². The van der Waals surface area contributed by atoms with Gasteiger partial charge in [0.1, 0.15) is 0 Å². The van der Waals surface area contributed by atoms with E-state index in [1.165, 1.54) is 15.9 Å². The Bertz CT molecular complexity index is 642. The van der Waals surface area contributed by atoms with Gasteiger partial charge in [-0.25, -0.2) is 13.6 Å². The molecule has 2 aromatic heterocycles. The summed E-state index contributed by atoms with van der Waals surface area (Å²) in [6.07, 6.45) is 0. The predicted octanol–water partition coefficient (Wildman–Crippen LogP) is 0.982. The normalized spacial score (nSPS) is 11.9. The third-order valence-corrected chi connectivity index (χ3v) is 4.18. The van der Waals surface area contributed by atoms with Crippen LogP contribution in [0.4, 0.5) is 0 Å². The summed E-state index contributed by atoms with van der Waals surface area (Å²) < 4.78 is 24.2. The van der Waals surface area contributed by atoms with Gasteiger partial charge in [-0.05, 0) is 30.9 Å². The molecule has 17 heavy (non-hydrogen) atoms. The minimum absolute atomic E-state index is 0.192. The maximum absolute atomic E-state index is 11.3. The van der Waals surface area contributed by atoms with E-state index in [1.54, 1.807) is 0 Å². The molecule has 8 heteroatoms. The number of thiophene rings is 1. The smallest absolute Gasteiger partial charge is 0.273 e. The van der Waals surface area contributed by atoms with Crippen LogP contribution in [0.2, 0.25) is 0 Å². The average Bonchev–Trinajstić information content (AvgIpc) is 2.81. The van der Waals surface area contributed by atoms with Crippen molar-refractivity contribution in [2.24, 2.45) is 5.14 Å². The van der Waals surface area contributed by atoms with Gasteiger partial charge in [-0.2, -0.15) is 0 Å². The molecule has 0 unspecified atom stereocenters. The number of sulfonamides is 1. The number of nitrogens with zero attached hydrogens (tertiary/aromatic N) is 3. The van der Waals surface area contributed by atoms with Crippen molar-refractivity contribution in [1.29, 1.82) is 0 Å². The fourth-order valence-electron chi connectivity index (χ4n) is 1.55. The van der Waals surface area contributed by atoms with E-state index in [2.05, 4.69) is 10.2 Å². The number of aromatic nitrogens is 3. The third kappa shape index (κ3) is 2.11. The zero-order valence-electron chi connectivity index (χ0n) is 9.41. The Balaban J connectivity index is 2.66. The highest BCUT2D eigenvalue weighted by Crippen LogP contribution is 2.28. The van der Waals surface area contributed by atoms with E-state index in [4.69, 9.17) is 5.14 Å². The molecular formula is C9H12N4O2S2. The Morgan fingerprint density at radius 1 is 1.47 bits per heavy atom. The maximum atomic E-state index is 11.3. The number of hydrogen-bond donors (Lipinski definition) is 1. The number of nitrogens with two attached hydrogens (primary N) is 1. The molecule has 0 amide bonds. The van der Waals surface area contributed by atoms with Gasteiger partial charge < -0.3 is 0 Å². The van der Waals surface area contributed by atoms with Crippen molar-refractivity contribution in [2.75, 3.05) is 0 Å². The van der Waals surface area contributed by atoms with Gasteiger partial charge in [0.2, 0.25) is 0 Å². The van der Waals surface area contributed by atoms with Gasteiger partial charge in [0, 0.05) is 6.54 Å². The third-order valence-electron chi connectivity index (χ3n) is 2.35. The molecule has 0 fully saturated rings. The molecule has 0 radical (unpaired) electrons. The van der Waals surface area contributed by atoms with Crippen LogP contribution in [0.3, 0.4) is 0 Å². The van der Waals surface area contributed by atoms with Crippen molar-refractivity contribution < 1.29 is 8.42 Å². The van der Waals surface area contributed by atoms with Crippen LogP contribution < -0.4 is 5.14 Å². The highest BCUT2D eigenvalue weighted by Gasteiger charge is 2.22. The van der Waals surface area contributed by atoms with Crippen molar-refractivity contribution in [1.82, 2.24) is 14.8 Å². The monoisotopic (exact) mass is 272 g/mol. The lowest BCUT2D eigenvalue weighted by Crippen LogP contribution is -2.18. The maximum Gasteiger partial charge on any atom is 0.273 e. The molecular weight excluding hydrogens is 260 g/mol. The first-order valence-electron chi connectivity index (χ1n) is 4.95. The standard InChI is InChI=1S/C9H12N4O2S2/c1-3-13-8(7-6(2)4-5-16-7)11-12-9(13)17(10,14)15/h4-5H,3H2,1-2H3,(H2,10,14,15). The second-order valence-electron chi connectivity index (χ2n) is 3.53. The number of aryl methyl sites for hydroxylation is 1. The minimum Gasteiger partial charge on any atom is -0.296 e. The highest BCUT2D eigenvalue weighted by molar-refractivity contribution is 7.89. The van der Waals surface area contributed by atoms with Gasteiger partial charge in [-0.3, -0.25) is 4.57 Å². The van der Waals surface area contributed by atoms with Crippen LogP contribution in [0.1, 0.15) is 12.5 Å². The summed E-state index contributed by atoms with van der Waals surface area (Å²) >= 11 is 1.50. The molecule has 0 atom stereocenters. The Morgan fingerprint density at radius 3 is 2.65 bits per heavy atom. The predicted molar refractivity (Wildman–Crippen MR) is 65.1 cm³/mol. The molecule has 0 saturated carbocycles. The van der Waals surface area contributed by atoms with Crippen LogP contribution in [0.5, 0.6) is 0 Å². The van der Waals surface area contributed by atoms with Crippen molar-refractivity contribution in [3.63, 3.8) is 0 Å². The largest absolute Gasteiger partial charge is 0.296 e. The molecule has 0 saturated heterocycles. The first-order chi connectivity index (χ1) is 7.95. The van der Waals surface area contributed by atoms with E-state index in [-0.39, 0.29) is 5.16 Å². The van der Waals surface area contributed by atoms with Crippen molar-refractivity contribution in [3.05, 3.63) is 17.0 Å². The van der Waals surface area contributed by atoms with Crippen LogP contribution in [0.25, 0.3) is 10.7 Å². The molecule has 2 heterocycles. The summed E-state index contributed by atoms with van der Waals surface area (Å²) in [4.78, 5) is 0.911. The fourth-order valence-corrected chi connectivity index (χ4v) is 3.15. The van der Waals surface area contributed by atoms with Gasteiger partial charge >= 0.3 is 0 Å². The Morgan fingerprint density at radius 2 is 2.18 bits per heavy atom. The fraction of sp³-hybridized carbons (Fsp3) is 0.333. The Kier molecular flexibility index (Phi) is 3.02. The molecule has 0 aliphatic rings. The van der Waals surface area contributed by atoms with Crippen molar-refractivity contribution in [2.45, 2.75) is 25.5 Å². The molecule has 6 nitrogen and oxygen atoms in total. The first-order valence-corrected chi connectivity index (χ1v) is 7.38. The highest BCUT2D eigenvalue weighted by atomic mass is 32.2. The van der Waals surface area contributed by atoms with Crippen LogP contribution >= 0.6 is 11.3 Å². The topological polar surface area (TPSA) is 90.9 Å². The van der Waals surface area contributed by atoms with Crippen LogP contribution in [-0.2, 0) is 16.6 Å². The zero-order chi connectivity index (χ0) is 12.6. The quantitative estimate of drug-likeness (QED) is 0.901. The molecule has 2 rings (SSSR count). The number of hydrogen-bond acceptors (Lipinski definition) is 5. The summed E-state index contributed by atoms with van der Waals surface area (Å²) in [6, 6.07) is 1.95. The molecule has 0 bridgehead atoms. The minimum atomic E-state index is -3.83. The first kappa shape index (κ1) is 12.2. The van der Waals surface area contributed by atoms with Crippen LogP contribution in [0.15, 0.2) is 16.6 Å². The molecule has 0 aromatic carbocycles. The summed E-state index contributed by atoms with van der Waals surface area (Å²) in [5.41, 5.74) is 1.04. The summed E-state index contributed by atoms with van der Waals surface area (Å²) in [5, 5.41) is 14.4. The second kappa shape index (κ2) is 4.21. The van der Waals surface area contributed by atoms with Gasteiger partial charge in [-0.15, -0.1) is 21.5 Å². The van der Waals surface area contributed by atoms with Gasteiger partial charge in [0.25, 0.3) is 15.2 Å². The molecule has 0 spiro atoms. The van der Waals surface area contributed by atoms with Gasteiger partial charge in [0.15, 0.2) is 5.82 Å². The van der Waals surface area contributed by atoms with E-state index in [0.29, 0.717) is 12.4 Å². The molecule has 2 N–H and O–H groups in total. The Labute approximate surface area is 103 Å². The van der Waals surface area contributed by atoms with Crippen LogP contribution in [-0.4, -0.2) is 23.2 Å². The lowest BCUT2D eigenvalue weighted by atomic mass is 10.3. The molecule has 0 aliphatic carbocycles. The van der Waals surface area contributed by atoms with E-state index in [1.807, 2.05) is 25.3 Å². The molecule has 0 aliphatic heterocycles.